The zero-order chi connectivity index (χ0) is 23.2. The molecule has 4 nitrogen and oxygen atoms in total. The second kappa shape index (κ2) is 7.85. The number of hydrogen-bond acceptors (Lipinski definition) is 3. The van der Waals surface area contributed by atoms with E-state index in [-0.39, 0.29) is 5.97 Å². The van der Waals surface area contributed by atoms with Crippen molar-refractivity contribution in [2.45, 2.75) is 65.2 Å². The van der Waals surface area contributed by atoms with Crippen molar-refractivity contribution in [2.24, 2.45) is 82.9 Å². The highest BCUT2D eigenvalue weighted by Gasteiger charge is 2.75. The van der Waals surface area contributed by atoms with E-state index < -0.39 is 5.97 Å². The zero-order valence-corrected chi connectivity index (χ0v) is 20.6. The molecule has 0 aromatic rings. The first-order chi connectivity index (χ1) is 15.8. The third-order valence-electron chi connectivity index (χ3n) is 12.1. The van der Waals surface area contributed by atoms with Crippen LogP contribution in [0.15, 0.2) is 12.2 Å². The zero-order valence-electron chi connectivity index (χ0n) is 20.6. The highest BCUT2D eigenvalue weighted by Crippen LogP contribution is 2.81. The number of carboxylic acids is 1. The van der Waals surface area contributed by atoms with Crippen LogP contribution in [0.1, 0.15) is 65.2 Å². The minimum Gasteiger partial charge on any atom is -0.481 e. The number of hydrogen-bond donors (Lipinski definition) is 1. The minimum atomic E-state index is -0.833. The van der Waals surface area contributed by atoms with Crippen LogP contribution in [0.25, 0.3) is 0 Å². The van der Waals surface area contributed by atoms with Gasteiger partial charge in [-0.25, -0.2) is 4.79 Å². The maximum absolute atomic E-state index is 10.2. The van der Waals surface area contributed by atoms with Gasteiger partial charge in [0.15, 0.2) is 0 Å². The van der Waals surface area contributed by atoms with Crippen LogP contribution in [0.5, 0.6) is 0 Å². The van der Waals surface area contributed by atoms with Gasteiger partial charge >= 0.3 is 5.97 Å². The van der Waals surface area contributed by atoms with E-state index in [2.05, 4.69) is 11.3 Å². The molecule has 182 valence electrons. The Kier molecular flexibility index (Phi) is 5.27. The molecule has 8 fully saturated rings. The maximum Gasteiger partial charge on any atom is 0.332 e. The van der Waals surface area contributed by atoms with Crippen LogP contribution in [0.2, 0.25) is 0 Å². The van der Waals surface area contributed by atoms with Gasteiger partial charge in [0.05, 0.1) is 7.11 Å². The van der Waals surface area contributed by atoms with Crippen molar-refractivity contribution in [1.29, 1.82) is 0 Å². The van der Waals surface area contributed by atoms with Gasteiger partial charge in [-0.1, -0.05) is 6.58 Å². The number of aliphatic carboxylic acids is 1. The summed E-state index contributed by atoms with van der Waals surface area (Å²) in [6, 6.07) is 0. The van der Waals surface area contributed by atoms with Crippen molar-refractivity contribution in [1.82, 2.24) is 0 Å². The Labute approximate surface area is 198 Å². The molecule has 0 spiro atoms. The first-order valence-electron chi connectivity index (χ1n) is 13.7. The lowest BCUT2D eigenvalue weighted by Crippen LogP contribution is -2.46. The predicted molar refractivity (Wildman–Crippen MR) is 126 cm³/mol. The minimum absolute atomic E-state index is 0.347. The first kappa shape index (κ1) is 22.2. The summed E-state index contributed by atoms with van der Waals surface area (Å²) in [5.74, 6) is 16.1. The summed E-state index contributed by atoms with van der Waals surface area (Å²) < 4.78 is 4.27. The first-order valence-corrected chi connectivity index (χ1v) is 13.7. The van der Waals surface area contributed by atoms with Crippen molar-refractivity contribution < 1.29 is 19.4 Å². The molecule has 0 heterocycles. The lowest BCUT2D eigenvalue weighted by Gasteiger charge is -2.50. The molecule has 8 rings (SSSR count). The van der Waals surface area contributed by atoms with Crippen molar-refractivity contribution >= 4 is 11.9 Å². The Morgan fingerprint density at radius 1 is 0.667 bits per heavy atom. The van der Waals surface area contributed by atoms with E-state index in [9.17, 15) is 4.79 Å². The Hall–Kier alpha value is -1.32. The SMILES string of the molecule is C1CC2CC1C1C3CC(C21)C1C2CC(C4C5CCC(C5)C24)C31.C=C(C)C(=O)OC.CC(=O)O. The normalized spacial score (nSPS) is 54.0. The van der Waals surface area contributed by atoms with Gasteiger partial charge in [-0.15, -0.1) is 0 Å². The van der Waals surface area contributed by atoms with Gasteiger partial charge in [-0.3, -0.25) is 4.79 Å². The summed E-state index contributed by atoms with van der Waals surface area (Å²) in [5, 5.41) is 7.42. The van der Waals surface area contributed by atoms with Crippen LogP contribution in [-0.2, 0) is 14.3 Å². The largest absolute Gasteiger partial charge is 0.481 e. The van der Waals surface area contributed by atoms with E-state index >= 15 is 0 Å². The Morgan fingerprint density at radius 2 is 0.970 bits per heavy atom. The summed E-state index contributed by atoms with van der Waals surface area (Å²) in [7, 11) is 1.33. The van der Waals surface area contributed by atoms with Crippen LogP contribution in [-0.4, -0.2) is 24.2 Å². The van der Waals surface area contributed by atoms with Crippen LogP contribution in [0.3, 0.4) is 0 Å². The summed E-state index contributed by atoms with van der Waals surface area (Å²) in [6.07, 6.45) is 13.3. The molecule has 8 bridgehead atoms. The number of carbonyl (C=O) groups excluding carboxylic acids is 1. The number of esters is 1. The van der Waals surface area contributed by atoms with Crippen molar-refractivity contribution in [3.63, 3.8) is 0 Å². The lowest BCUT2D eigenvalue weighted by molar-refractivity contribution is -0.136. The smallest absolute Gasteiger partial charge is 0.332 e. The molecule has 12 unspecified atom stereocenters. The third kappa shape index (κ3) is 3.07. The highest BCUT2D eigenvalue weighted by molar-refractivity contribution is 5.86. The molecule has 0 aromatic heterocycles. The molecule has 12 atom stereocenters. The molecule has 1 N–H and O–H groups in total. The highest BCUT2D eigenvalue weighted by atomic mass is 16.5. The standard InChI is InChI=1S/C22H30.C5H8O2.C2H4O2/c1-2-10-5-9(1)17-13-7-14(18(10)17)22-16-8-15(21(13)22)19-11-3-4-12(6-11)20(16)19;1-4(2)5(6)7-3;1-2(3)4/h9-22H,1-8H2;1H2,2-3H3;1H3,(H,3,4). The second-order valence-corrected chi connectivity index (χ2v) is 13.0. The Balaban J connectivity index is 0.000000161. The van der Waals surface area contributed by atoms with Crippen molar-refractivity contribution in [2.75, 3.05) is 7.11 Å². The average Bonchev–Trinajstić information content (AvgIpc) is 3.62. The van der Waals surface area contributed by atoms with Crippen LogP contribution < -0.4 is 0 Å². The number of carbonyl (C=O) groups is 2. The predicted octanol–water partition coefficient (Wildman–Crippen LogP) is 5.67. The van der Waals surface area contributed by atoms with Gasteiger partial charge < -0.3 is 9.84 Å². The maximum atomic E-state index is 10.2. The van der Waals surface area contributed by atoms with Crippen LogP contribution >= 0.6 is 0 Å². The molecule has 0 radical (unpaired) electrons. The summed E-state index contributed by atoms with van der Waals surface area (Å²) >= 11 is 0. The van der Waals surface area contributed by atoms with E-state index in [0.717, 1.165) is 6.92 Å². The van der Waals surface area contributed by atoms with Gasteiger partial charge in [0.1, 0.15) is 0 Å². The van der Waals surface area contributed by atoms with E-state index in [1.807, 2.05) is 0 Å². The molecule has 0 amide bonds. The molecule has 8 aliphatic carbocycles. The van der Waals surface area contributed by atoms with Gasteiger partial charge in [-0.2, -0.15) is 0 Å². The van der Waals surface area contributed by atoms with Crippen molar-refractivity contribution in [3.8, 4) is 0 Å². The fourth-order valence-electron chi connectivity index (χ4n) is 12.2. The lowest BCUT2D eigenvalue weighted by atomic mass is 9.55. The summed E-state index contributed by atoms with van der Waals surface area (Å²) in [4.78, 5) is 19.2. The second-order valence-electron chi connectivity index (χ2n) is 13.0. The molecule has 0 aromatic carbocycles. The van der Waals surface area contributed by atoms with Gasteiger partial charge in [0.2, 0.25) is 0 Å². The average molecular weight is 455 g/mol. The molecule has 33 heavy (non-hydrogen) atoms. The third-order valence-corrected chi connectivity index (χ3v) is 12.1. The molecule has 8 saturated carbocycles. The summed E-state index contributed by atoms with van der Waals surface area (Å²) in [5.41, 5.74) is 0.433. The molecule has 4 heteroatoms. The van der Waals surface area contributed by atoms with Crippen LogP contribution in [0.4, 0.5) is 0 Å². The van der Waals surface area contributed by atoms with Crippen molar-refractivity contribution in [3.05, 3.63) is 12.2 Å². The quantitative estimate of drug-likeness (QED) is 0.315. The van der Waals surface area contributed by atoms with Gasteiger partial charge in [0, 0.05) is 12.5 Å². The van der Waals surface area contributed by atoms with E-state index in [1.165, 1.54) is 90.0 Å². The molecule has 8 aliphatic rings. The van der Waals surface area contributed by atoms with Crippen LogP contribution in [0, 0.1) is 82.9 Å². The Bertz CT molecular complexity index is 751. The Morgan fingerprint density at radius 3 is 1.18 bits per heavy atom. The van der Waals surface area contributed by atoms with Gasteiger partial charge in [-0.05, 0) is 141 Å². The van der Waals surface area contributed by atoms with E-state index in [1.54, 1.807) is 58.3 Å². The van der Waals surface area contributed by atoms with E-state index in [4.69, 9.17) is 9.90 Å². The fourth-order valence-corrected chi connectivity index (χ4v) is 12.2. The number of carboxylic acid groups (broad SMARTS) is 1. The molecular formula is C29H42O4. The van der Waals surface area contributed by atoms with E-state index in [0.29, 0.717) is 5.57 Å². The number of rotatable bonds is 1. The molecule has 0 aliphatic heterocycles. The topological polar surface area (TPSA) is 63.6 Å². The number of fused-ring (bicyclic) bond motifs is 23. The number of ether oxygens (including phenoxy) is 1. The summed E-state index contributed by atoms with van der Waals surface area (Å²) in [6.45, 7) is 6.04. The number of methoxy groups -OCH3 is 1. The molecule has 0 saturated heterocycles. The molecular weight excluding hydrogens is 412 g/mol. The monoisotopic (exact) mass is 454 g/mol. The fraction of sp³-hybridized carbons (Fsp3) is 0.862. The van der Waals surface area contributed by atoms with Gasteiger partial charge in [0.25, 0.3) is 5.97 Å².